The average Bonchev–Trinajstić information content (AvgIpc) is 2.72. The third-order valence-corrected chi connectivity index (χ3v) is 5.05. The van der Waals surface area contributed by atoms with Gasteiger partial charge in [-0.1, -0.05) is 20.3 Å². The number of guanidine groups is 1. The third kappa shape index (κ3) is 1.84. The molecule has 0 amide bonds. The molecule has 0 aromatic carbocycles. The summed E-state index contributed by atoms with van der Waals surface area (Å²) in [6.45, 7) is 4.66. The minimum absolute atomic E-state index is 0.468. The van der Waals surface area contributed by atoms with Crippen molar-refractivity contribution in [3.8, 4) is 0 Å². The van der Waals surface area contributed by atoms with Gasteiger partial charge >= 0.3 is 0 Å². The van der Waals surface area contributed by atoms with Crippen molar-refractivity contribution in [3.05, 3.63) is 11.3 Å². The van der Waals surface area contributed by atoms with Crippen molar-refractivity contribution in [1.29, 1.82) is 0 Å². The van der Waals surface area contributed by atoms with Gasteiger partial charge in [0.25, 0.3) is 0 Å². The molecule has 3 N–H and O–H groups in total. The third-order valence-electron chi connectivity index (χ3n) is 5.05. The van der Waals surface area contributed by atoms with Crippen LogP contribution in [0.5, 0.6) is 0 Å². The van der Waals surface area contributed by atoms with E-state index in [4.69, 9.17) is 5.73 Å². The maximum absolute atomic E-state index is 5.97. The van der Waals surface area contributed by atoms with Crippen LogP contribution in [0.4, 0.5) is 0 Å². The average molecular weight is 247 g/mol. The lowest BCUT2D eigenvalue weighted by Crippen LogP contribution is -2.45. The van der Waals surface area contributed by atoms with Crippen LogP contribution >= 0.6 is 0 Å². The van der Waals surface area contributed by atoms with E-state index in [2.05, 4.69) is 24.2 Å². The van der Waals surface area contributed by atoms with Crippen LogP contribution in [-0.2, 0) is 0 Å². The monoisotopic (exact) mass is 247 g/mol. The Labute approximate surface area is 110 Å². The highest BCUT2D eigenvalue weighted by molar-refractivity contribution is 5.81. The minimum Gasteiger partial charge on any atom is -0.370 e. The number of allylic oxidation sites excluding steroid dienone is 1. The zero-order valence-electron chi connectivity index (χ0n) is 11.6. The van der Waals surface area contributed by atoms with Crippen molar-refractivity contribution in [2.75, 3.05) is 0 Å². The van der Waals surface area contributed by atoms with Crippen molar-refractivity contribution in [2.45, 2.75) is 58.4 Å². The number of unbranched alkanes of at least 4 members (excludes halogenated alkanes) is 1. The van der Waals surface area contributed by atoms with Crippen LogP contribution in [0, 0.1) is 17.8 Å². The summed E-state index contributed by atoms with van der Waals surface area (Å²) in [5, 5.41) is 3.42. The van der Waals surface area contributed by atoms with E-state index in [1.807, 2.05) is 0 Å². The summed E-state index contributed by atoms with van der Waals surface area (Å²) in [6.07, 6.45) is 7.73. The zero-order chi connectivity index (χ0) is 12.7. The van der Waals surface area contributed by atoms with Crippen LogP contribution in [0.2, 0.25) is 0 Å². The molecule has 18 heavy (non-hydrogen) atoms. The summed E-state index contributed by atoms with van der Waals surface area (Å²) >= 11 is 0. The largest absolute Gasteiger partial charge is 0.370 e. The van der Waals surface area contributed by atoms with Gasteiger partial charge < -0.3 is 11.1 Å². The van der Waals surface area contributed by atoms with E-state index >= 15 is 0 Å². The molecule has 4 atom stereocenters. The Kier molecular flexibility index (Phi) is 3.08. The molecule has 0 aromatic heterocycles. The van der Waals surface area contributed by atoms with Gasteiger partial charge in [-0.25, -0.2) is 4.99 Å². The summed E-state index contributed by atoms with van der Waals surface area (Å²) < 4.78 is 0. The lowest BCUT2D eigenvalue weighted by molar-refractivity contribution is 0.299. The molecule has 3 nitrogen and oxygen atoms in total. The molecule has 3 rings (SSSR count). The second-order valence-electron chi connectivity index (χ2n) is 6.25. The Morgan fingerprint density at radius 1 is 1.39 bits per heavy atom. The highest BCUT2D eigenvalue weighted by atomic mass is 15.2. The quantitative estimate of drug-likeness (QED) is 0.805. The van der Waals surface area contributed by atoms with E-state index in [9.17, 15) is 0 Å². The number of hydrogen-bond acceptors (Lipinski definition) is 3. The number of nitrogens with zero attached hydrogens (tertiary/aromatic N) is 1. The molecule has 1 aliphatic heterocycles. The van der Waals surface area contributed by atoms with Gasteiger partial charge in [0, 0.05) is 11.6 Å². The van der Waals surface area contributed by atoms with Gasteiger partial charge in [-0.05, 0) is 49.5 Å². The van der Waals surface area contributed by atoms with Crippen LogP contribution in [0.1, 0.15) is 52.4 Å². The standard InChI is InChI=1S/C15H25N3/c1-3-4-5-11-9(2)8-10-6-7-12-13(10)14(11)18-15(16)17-12/h9-10,12-13H,3-8H2,1-2H3,(H3,16,17,18)/t9-,10+,12-,13-/m1/s1. The van der Waals surface area contributed by atoms with Crippen molar-refractivity contribution in [2.24, 2.45) is 28.5 Å². The highest BCUT2D eigenvalue weighted by Crippen LogP contribution is 2.49. The fourth-order valence-corrected chi connectivity index (χ4v) is 4.23. The van der Waals surface area contributed by atoms with Crippen LogP contribution < -0.4 is 11.1 Å². The van der Waals surface area contributed by atoms with Gasteiger partial charge in [0.05, 0.1) is 6.04 Å². The summed E-state index contributed by atoms with van der Waals surface area (Å²) in [7, 11) is 0. The Morgan fingerprint density at radius 2 is 2.22 bits per heavy atom. The zero-order valence-corrected chi connectivity index (χ0v) is 11.6. The highest BCUT2D eigenvalue weighted by Gasteiger charge is 2.45. The maximum atomic E-state index is 5.97. The van der Waals surface area contributed by atoms with Gasteiger partial charge in [-0.3, -0.25) is 0 Å². The van der Waals surface area contributed by atoms with Crippen molar-refractivity contribution in [3.63, 3.8) is 0 Å². The number of nitrogens with two attached hydrogens (primary N) is 1. The number of nitrogens with one attached hydrogen (secondary N) is 1. The topological polar surface area (TPSA) is 50.4 Å². The molecule has 0 unspecified atom stereocenters. The lowest BCUT2D eigenvalue weighted by atomic mass is 9.72. The molecule has 0 aromatic rings. The maximum Gasteiger partial charge on any atom is 0.193 e. The van der Waals surface area contributed by atoms with E-state index in [0.717, 1.165) is 11.8 Å². The molecule has 1 heterocycles. The van der Waals surface area contributed by atoms with Gasteiger partial charge in [0.15, 0.2) is 5.96 Å². The van der Waals surface area contributed by atoms with Crippen LogP contribution in [0.3, 0.4) is 0 Å². The molecule has 3 aliphatic rings. The molecule has 2 aliphatic carbocycles. The van der Waals surface area contributed by atoms with Gasteiger partial charge in [0.2, 0.25) is 0 Å². The Bertz CT molecular complexity index is 397. The van der Waals surface area contributed by atoms with Crippen LogP contribution in [-0.4, -0.2) is 12.0 Å². The summed E-state index contributed by atoms with van der Waals surface area (Å²) in [5.41, 5.74) is 9.07. The van der Waals surface area contributed by atoms with Crippen LogP contribution in [0.25, 0.3) is 0 Å². The molecule has 0 spiro atoms. The SMILES string of the molecule is CCCCC1=C2NC(N)=N[C@@H]3CC[C@@H](C[C@H]1C)[C@@H]23. The molecule has 1 fully saturated rings. The van der Waals surface area contributed by atoms with E-state index in [1.165, 1.54) is 44.2 Å². The van der Waals surface area contributed by atoms with E-state index < -0.39 is 0 Å². The summed E-state index contributed by atoms with van der Waals surface area (Å²) in [4.78, 5) is 4.62. The van der Waals surface area contributed by atoms with Crippen molar-refractivity contribution in [1.82, 2.24) is 5.32 Å². The summed E-state index contributed by atoms with van der Waals surface area (Å²) in [5.74, 6) is 2.87. The smallest absolute Gasteiger partial charge is 0.193 e. The Balaban J connectivity index is 1.96. The normalized spacial score (nSPS) is 38.2. The molecule has 3 heteroatoms. The Morgan fingerprint density at radius 3 is 3.00 bits per heavy atom. The van der Waals surface area contributed by atoms with Crippen LogP contribution in [0.15, 0.2) is 16.3 Å². The molecule has 0 radical (unpaired) electrons. The second kappa shape index (κ2) is 4.60. The first kappa shape index (κ1) is 12.1. The van der Waals surface area contributed by atoms with Crippen molar-refractivity contribution < 1.29 is 0 Å². The Hall–Kier alpha value is -0.990. The van der Waals surface area contributed by atoms with E-state index in [0.29, 0.717) is 17.9 Å². The first-order chi connectivity index (χ1) is 8.70. The predicted octanol–water partition coefficient (Wildman–Crippen LogP) is 2.78. The van der Waals surface area contributed by atoms with Crippen molar-refractivity contribution >= 4 is 5.96 Å². The predicted molar refractivity (Wildman–Crippen MR) is 75.1 cm³/mol. The molecule has 1 saturated carbocycles. The first-order valence-corrected chi connectivity index (χ1v) is 7.54. The van der Waals surface area contributed by atoms with E-state index in [1.54, 1.807) is 5.57 Å². The van der Waals surface area contributed by atoms with E-state index in [-0.39, 0.29) is 0 Å². The number of aliphatic imine (C=N–C) groups is 1. The van der Waals surface area contributed by atoms with Gasteiger partial charge in [0.1, 0.15) is 0 Å². The molecular formula is C15H25N3. The fourth-order valence-electron chi connectivity index (χ4n) is 4.23. The second-order valence-corrected chi connectivity index (χ2v) is 6.25. The first-order valence-electron chi connectivity index (χ1n) is 7.54. The fraction of sp³-hybridized carbons (Fsp3) is 0.800. The number of rotatable bonds is 3. The lowest BCUT2D eigenvalue weighted by Gasteiger charge is -2.39. The van der Waals surface area contributed by atoms with Gasteiger partial charge in [-0.15, -0.1) is 0 Å². The van der Waals surface area contributed by atoms with Gasteiger partial charge in [-0.2, -0.15) is 0 Å². The molecular weight excluding hydrogens is 222 g/mol. The molecule has 0 saturated heterocycles. The summed E-state index contributed by atoms with van der Waals surface area (Å²) in [6, 6.07) is 0.468. The molecule has 0 bridgehead atoms. The number of hydrogen-bond donors (Lipinski definition) is 2. The minimum atomic E-state index is 0.468. The molecule has 100 valence electrons.